The molecule has 2 heterocycles. The molecule has 2 aromatic heterocycles. The third-order valence-corrected chi connectivity index (χ3v) is 7.11. The van der Waals surface area contributed by atoms with Crippen molar-refractivity contribution >= 4 is 15.5 Å². The first-order valence-electron chi connectivity index (χ1n) is 10.4. The molecule has 0 amide bonds. The molecule has 0 saturated heterocycles. The topological polar surface area (TPSA) is 80.9 Å². The normalized spacial score (nSPS) is 17.9. The van der Waals surface area contributed by atoms with Crippen molar-refractivity contribution in [1.29, 1.82) is 0 Å². The lowest BCUT2D eigenvalue weighted by atomic mass is 9.95. The summed E-state index contributed by atoms with van der Waals surface area (Å²) in [6.45, 7) is -3.01. The fraction of sp³-hybridized carbons (Fsp3) is 0.208. The Morgan fingerprint density at radius 1 is 1.15 bits per heavy atom. The Morgan fingerprint density at radius 2 is 1.85 bits per heavy atom. The van der Waals surface area contributed by atoms with Crippen LogP contribution in [0.15, 0.2) is 65.7 Å². The van der Waals surface area contributed by atoms with Gasteiger partial charge in [0.1, 0.15) is 17.2 Å². The van der Waals surface area contributed by atoms with Crippen molar-refractivity contribution in [2.45, 2.75) is 29.9 Å². The van der Waals surface area contributed by atoms with Crippen LogP contribution in [0.5, 0.6) is 5.75 Å². The van der Waals surface area contributed by atoms with Crippen molar-refractivity contribution < 1.29 is 31.4 Å². The van der Waals surface area contributed by atoms with Crippen molar-refractivity contribution in [2.75, 3.05) is 6.26 Å². The maximum atomic E-state index is 15.0. The van der Waals surface area contributed by atoms with E-state index in [-0.39, 0.29) is 28.3 Å². The van der Waals surface area contributed by atoms with Gasteiger partial charge in [0.05, 0.1) is 22.4 Å². The Hall–Kier alpha value is -3.37. The summed E-state index contributed by atoms with van der Waals surface area (Å²) in [5.41, 5.74) is 2.28. The third kappa shape index (κ3) is 3.82. The summed E-state index contributed by atoms with van der Waals surface area (Å²) in [5, 5.41) is 10.6. The van der Waals surface area contributed by atoms with E-state index in [1.807, 2.05) is 0 Å². The average Bonchev–Trinajstić information content (AvgIpc) is 3.29. The number of imidazole rings is 1. The number of hydrogen-bond donors (Lipinski definition) is 1. The molecule has 2 aromatic carbocycles. The minimum atomic E-state index is -3.40. The highest BCUT2D eigenvalue weighted by Crippen LogP contribution is 2.47. The molecule has 4 aromatic rings. The fourth-order valence-corrected chi connectivity index (χ4v) is 5.11. The van der Waals surface area contributed by atoms with Crippen LogP contribution in [0.25, 0.3) is 16.8 Å². The molecule has 10 heteroatoms. The Balaban J connectivity index is 1.65. The lowest BCUT2D eigenvalue weighted by Gasteiger charge is -2.17. The van der Waals surface area contributed by atoms with Crippen LogP contribution in [0.1, 0.15) is 35.4 Å². The summed E-state index contributed by atoms with van der Waals surface area (Å²) in [6.07, 6.45) is 1.86. The number of sulfone groups is 1. The predicted octanol–water partition coefficient (Wildman–Crippen LogP) is 4.71. The van der Waals surface area contributed by atoms with Gasteiger partial charge < -0.3 is 14.2 Å². The van der Waals surface area contributed by atoms with Crippen LogP contribution >= 0.6 is 0 Å². The first-order valence-corrected chi connectivity index (χ1v) is 12.3. The van der Waals surface area contributed by atoms with E-state index in [0.717, 1.165) is 6.26 Å². The first-order chi connectivity index (χ1) is 16.1. The van der Waals surface area contributed by atoms with Crippen molar-refractivity contribution in [3.8, 4) is 16.9 Å². The van der Waals surface area contributed by atoms with Gasteiger partial charge in [-0.3, -0.25) is 0 Å². The van der Waals surface area contributed by atoms with Gasteiger partial charge in [0.2, 0.25) is 0 Å². The summed E-state index contributed by atoms with van der Waals surface area (Å²) >= 11 is 0. The third-order valence-electron chi connectivity index (χ3n) is 5.98. The summed E-state index contributed by atoms with van der Waals surface area (Å²) in [6, 6.07) is 13.4. The van der Waals surface area contributed by atoms with Gasteiger partial charge >= 0.3 is 6.61 Å². The molecule has 0 spiro atoms. The summed E-state index contributed by atoms with van der Waals surface area (Å²) in [5.74, 6) is -1.09. The van der Waals surface area contributed by atoms with Crippen molar-refractivity contribution in [3.63, 3.8) is 0 Å². The number of ether oxygens (including phenoxy) is 1. The highest BCUT2D eigenvalue weighted by molar-refractivity contribution is 7.90. The lowest BCUT2D eigenvalue weighted by Crippen LogP contribution is -2.08. The average molecular weight is 488 g/mol. The fourth-order valence-electron chi connectivity index (χ4n) is 4.48. The van der Waals surface area contributed by atoms with Gasteiger partial charge in [-0.15, -0.1) is 0 Å². The number of para-hydroxylation sites is 1. The molecule has 6 nitrogen and oxygen atoms in total. The van der Waals surface area contributed by atoms with E-state index in [1.54, 1.807) is 22.6 Å². The van der Waals surface area contributed by atoms with Crippen LogP contribution in [0, 0.1) is 5.82 Å². The molecule has 1 N–H and O–H groups in total. The predicted molar refractivity (Wildman–Crippen MR) is 118 cm³/mol. The Kier molecular flexibility index (Phi) is 5.37. The second-order valence-corrected chi connectivity index (χ2v) is 10.2. The molecule has 0 radical (unpaired) electrons. The van der Waals surface area contributed by atoms with Crippen LogP contribution < -0.4 is 4.74 Å². The monoisotopic (exact) mass is 488 g/mol. The second-order valence-electron chi connectivity index (χ2n) is 8.16. The van der Waals surface area contributed by atoms with Crippen molar-refractivity contribution in [2.24, 2.45) is 0 Å². The Morgan fingerprint density at radius 3 is 2.53 bits per heavy atom. The summed E-state index contributed by atoms with van der Waals surface area (Å²) in [4.78, 5) is 4.50. The largest absolute Gasteiger partial charge is 0.435 e. The van der Waals surface area contributed by atoms with Gasteiger partial charge in [-0.2, -0.15) is 8.78 Å². The summed E-state index contributed by atoms with van der Waals surface area (Å²) < 4.78 is 70.8. The zero-order chi connectivity index (χ0) is 24.2. The number of fused-ring (bicyclic) bond motifs is 3. The number of nitrogens with zero attached hydrogens (tertiary/aromatic N) is 2. The molecular formula is C24H19F3N2O4S. The molecule has 0 fully saturated rings. The second kappa shape index (κ2) is 8.14. The number of hydrogen-bond acceptors (Lipinski definition) is 5. The molecule has 2 unspecified atom stereocenters. The highest BCUT2D eigenvalue weighted by atomic mass is 32.2. The molecule has 2 atom stereocenters. The van der Waals surface area contributed by atoms with Crippen LogP contribution in [0.4, 0.5) is 13.2 Å². The molecule has 1 aliphatic carbocycles. The van der Waals surface area contributed by atoms with E-state index >= 15 is 0 Å². The zero-order valence-corrected chi connectivity index (χ0v) is 18.6. The van der Waals surface area contributed by atoms with Crippen LogP contribution in [0.2, 0.25) is 0 Å². The van der Waals surface area contributed by atoms with Gasteiger partial charge in [0, 0.05) is 35.6 Å². The SMILES string of the molecule is CS(=O)(=O)c1ccc(-c2cn3c4c(nc3cc2F)C(O)CC4c2ccccc2OC(F)F)cc1. The van der Waals surface area contributed by atoms with Gasteiger partial charge in [0.15, 0.2) is 9.84 Å². The molecule has 0 saturated carbocycles. The molecule has 0 bridgehead atoms. The van der Waals surface area contributed by atoms with Gasteiger partial charge in [-0.25, -0.2) is 17.8 Å². The minimum Gasteiger partial charge on any atom is -0.435 e. The quantitative estimate of drug-likeness (QED) is 0.440. The number of benzene rings is 2. The van der Waals surface area contributed by atoms with E-state index in [9.17, 15) is 26.7 Å². The minimum absolute atomic E-state index is 0.00352. The number of aromatic nitrogens is 2. The van der Waals surface area contributed by atoms with Crippen LogP contribution in [-0.4, -0.2) is 35.8 Å². The number of alkyl halides is 2. The molecule has 176 valence electrons. The van der Waals surface area contributed by atoms with E-state index < -0.39 is 34.3 Å². The van der Waals surface area contributed by atoms with Gasteiger partial charge in [0.25, 0.3) is 0 Å². The van der Waals surface area contributed by atoms with E-state index in [4.69, 9.17) is 4.74 Å². The van der Waals surface area contributed by atoms with Crippen LogP contribution in [0.3, 0.4) is 0 Å². The molecule has 5 rings (SSSR count). The Bertz CT molecular complexity index is 1500. The Labute approximate surface area is 193 Å². The van der Waals surface area contributed by atoms with Crippen molar-refractivity contribution in [3.05, 3.63) is 83.6 Å². The summed E-state index contributed by atoms with van der Waals surface area (Å²) in [7, 11) is -3.40. The zero-order valence-electron chi connectivity index (χ0n) is 17.8. The number of aliphatic hydroxyl groups excluding tert-OH is 1. The molecule has 0 aliphatic heterocycles. The molecule has 1 aliphatic rings. The highest BCUT2D eigenvalue weighted by Gasteiger charge is 2.37. The maximum absolute atomic E-state index is 15.0. The molecule has 34 heavy (non-hydrogen) atoms. The van der Waals surface area contributed by atoms with E-state index in [2.05, 4.69) is 4.98 Å². The van der Waals surface area contributed by atoms with E-state index in [1.165, 1.54) is 42.6 Å². The van der Waals surface area contributed by atoms with Gasteiger partial charge in [-0.05, 0) is 30.2 Å². The lowest BCUT2D eigenvalue weighted by molar-refractivity contribution is -0.0506. The molecular weight excluding hydrogens is 469 g/mol. The maximum Gasteiger partial charge on any atom is 0.387 e. The first kappa shape index (κ1) is 22.4. The standard InChI is InChI=1S/C24H19F3N2O4S/c1-34(31,32)14-8-6-13(7-9-14)17-12-29-21(11-18(17)25)28-22-19(30)10-16(23(22)29)15-4-2-3-5-20(15)33-24(26)27/h2-9,11-12,16,19,24,30H,10H2,1H3. The number of halogens is 3. The van der Waals surface area contributed by atoms with Crippen molar-refractivity contribution in [1.82, 2.24) is 9.38 Å². The van der Waals surface area contributed by atoms with Crippen LogP contribution in [-0.2, 0) is 9.84 Å². The number of rotatable bonds is 5. The smallest absolute Gasteiger partial charge is 0.387 e. The van der Waals surface area contributed by atoms with E-state index in [0.29, 0.717) is 22.5 Å². The van der Waals surface area contributed by atoms with Gasteiger partial charge in [-0.1, -0.05) is 30.3 Å². The number of aliphatic hydroxyl groups is 1. The number of pyridine rings is 1.